The summed E-state index contributed by atoms with van der Waals surface area (Å²) in [5.41, 5.74) is 8.03. The number of hydrogen-bond donors (Lipinski definition) is 1. The molecule has 7 nitrogen and oxygen atoms in total. The average Bonchev–Trinajstić information content (AvgIpc) is 3.55. The van der Waals surface area contributed by atoms with Crippen molar-refractivity contribution in [3.63, 3.8) is 0 Å². The molecule has 218 valence electrons. The Bertz CT molecular complexity index is 2020. The number of ether oxygens (including phenoxy) is 1. The number of halogens is 1. The summed E-state index contributed by atoms with van der Waals surface area (Å²) in [4.78, 5) is 22.4. The molecular formula is C34H31ClN4O3S. The maximum atomic E-state index is 12.6. The Labute approximate surface area is 258 Å². The van der Waals surface area contributed by atoms with E-state index in [4.69, 9.17) is 26.3 Å². The zero-order valence-electron chi connectivity index (χ0n) is 24.8. The fourth-order valence-corrected chi connectivity index (χ4v) is 6.75. The molecular weight excluding hydrogens is 580 g/mol. The molecule has 9 heteroatoms. The summed E-state index contributed by atoms with van der Waals surface area (Å²) >= 11 is 7.77. The van der Waals surface area contributed by atoms with Crippen LogP contribution in [-0.4, -0.2) is 36.4 Å². The van der Waals surface area contributed by atoms with Gasteiger partial charge in [-0.15, -0.1) is 11.3 Å². The van der Waals surface area contributed by atoms with E-state index >= 15 is 0 Å². The highest BCUT2D eigenvalue weighted by molar-refractivity contribution is 7.22. The smallest absolute Gasteiger partial charge is 0.337 e. The van der Waals surface area contributed by atoms with Crippen molar-refractivity contribution >= 4 is 50.0 Å². The van der Waals surface area contributed by atoms with E-state index in [1.807, 2.05) is 88.1 Å². The van der Waals surface area contributed by atoms with Crippen LogP contribution < -0.4 is 0 Å². The molecule has 0 radical (unpaired) electrons. The van der Waals surface area contributed by atoms with E-state index in [2.05, 4.69) is 24.2 Å². The van der Waals surface area contributed by atoms with E-state index in [9.17, 15) is 9.90 Å². The molecule has 0 amide bonds. The molecule has 0 saturated carbocycles. The van der Waals surface area contributed by atoms with E-state index in [1.165, 1.54) is 11.3 Å². The highest BCUT2D eigenvalue weighted by Gasteiger charge is 2.32. The number of fused-ring (bicyclic) bond motifs is 2. The first kappa shape index (κ1) is 29.0. The number of thiazole rings is 1. The highest BCUT2D eigenvalue weighted by Crippen LogP contribution is 2.44. The van der Waals surface area contributed by atoms with Crippen LogP contribution in [0.2, 0.25) is 5.02 Å². The Morgan fingerprint density at radius 3 is 2.47 bits per heavy atom. The van der Waals surface area contributed by atoms with Crippen molar-refractivity contribution in [2.75, 3.05) is 0 Å². The molecule has 3 aromatic heterocycles. The average molecular weight is 611 g/mol. The number of carbonyl (C=O) groups is 1. The second kappa shape index (κ2) is 10.9. The Kier molecular flexibility index (Phi) is 7.32. The second-order valence-electron chi connectivity index (χ2n) is 11.7. The number of hydrogen-bond acceptors (Lipinski definition) is 6. The van der Waals surface area contributed by atoms with Crippen molar-refractivity contribution in [2.24, 2.45) is 7.05 Å². The van der Waals surface area contributed by atoms with Crippen LogP contribution >= 0.6 is 22.9 Å². The summed E-state index contributed by atoms with van der Waals surface area (Å²) in [5.74, 6) is -1.04. The van der Waals surface area contributed by atoms with Crippen LogP contribution in [0.15, 0.2) is 67.0 Å². The Morgan fingerprint density at radius 2 is 1.77 bits per heavy atom. The molecule has 0 bridgehead atoms. The summed E-state index contributed by atoms with van der Waals surface area (Å²) in [7, 11) is 1.92. The number of aryl methyl sites for hydroxylation is 3. The van der Waals surface area contributed by atoms with Gasteiger partial charge in [0.15, 0.2) is 6.10 Å². The number of aliphatic carboxylic acids is 1. The number of nitrogens with zero attached hydrogens (tertiary/aromatic N) is 4. The molecule has 1 unspecified atom stereocenters. The first-order valence-corrected chi connectivity index (χ1v) is 15.1. The lowest BCUT2D eigenvalue weighted by molar-refractivity contribution is -0.160. The van der Waals surface area contributed by atoms with Gasteiger partial charge in [-0.3, -0.25) is 9.67 Å². The van der Waals surface area contributed by atoms with Crippen LogP contribution in [0, 0.1) is 13.8 Å². The van der Waals surface area contributed by atoms with Gasteiger partial charge in [0.1, 0.15) is 5.01 Å². The molecule has 0 fully saturated rings. The molecule has 43 heavy (non-hydrogen) atoms. The van der Waals surface area contributed by atoms with Crippen LogP contribution in [0.1, 0.15) is 43.6 Å². The van der Waals surface area contributed by atoms with Gasteiger partial charge < -0.3 is 9.84 Å². The van der Waals surface area contributed by atoms with Gasteiger partial charge in [0.2, 0.25) is 0 Å². The first-order valence-electron chi connectivity index (χ1n) is 13.9. The van der Waals surface area contributed by atoms with E-state index in [0.29, 0.717) is 10.6 Å². The quantitative estimate of drug-likeness (QED) is 0.203. The number of rotatable bonds is 6. The number of aromatic nitrogens is 4. The van der Waals surface area contributed by atoms with E-state index in [-0.39, 0.29) is 0 Å². The standard InChI is InChI=1S/C34H31ClN4O3S/c1-18-15-27-31(29(20-7-9-22(35)10-8-20)28(18)30(33(40)41)42-34(3,4)5)43-32(37-27)21-13-14-36-26(16-21)23-11-12-25-24(19(23)2)17-39(6)38-25/h7-17,30H,1-6H3,(H,40,41). The van der Waals surface area contributed by atoms with E-state index in [1.54, 1.807) is 6.20 Å². The van der Waals surface area contributed by atoms with Crippen molar-refractivity contribution in [3.05, 3.63) is 88.7 Å². The number of carboxylic acid groups (broad SMARTS) is 1. The van der Waals surface area contributed by atoms with Crippen molar-refractivity contribution < 1.29 is 14.6 Å². The zero-order valence-corrected chi connectivity index (χ0v) is 26.3. The fourth-order valence-electron chi connectivity index (χ4n) is 5.50. The summed E-state index contributed by atoms with van der Waals surface area (Å²) in [6.07, 6.45) is 2.66. The third-order valence-corrected chi connectivity index (χ3v) is 8.76. The summed E-state index contributed by atoms with van der Waals surface area (Å²) < 4.78 is 8.85. The maximum Gasteiger partial charge on any atom is 0.337 e. The number of pyridine rings is 1. The molecule has 0 spiro atoms. The predicted molar refractivity (Wildman–Crippen MR) is 174 cm³/mol. The van der Waals surface area contributed by atoms with Crippen molar-refractivity contribution in [1.29, 1.82) is 0 Å². The summed E-state index contributed by atoms with van der Waals surface area (Å²) in [6.45, 7) is 9.58. The first-order chi connectivity index (χ1) is 20.4. The molecule has 6 aromatic rings. The van der Waals surface area contributed by atoms with Crippen LogP contribution in [0.5, 0.6) is 0 Å². The van der Waals surface area contributed by atoms with Gasteiger partial charge in [-0.2, -0.15) is 5.10 Å². The van der Waals surface area contributed by atoms with Gasteiger partial charge in [-0.1, -0.05) is 29.8 Å². The molecule has 0 aliphatic carbocycles. The van der Waals surface area contributed by atoms with Crippen LogP contribution in [0.4, 0.5) is 0 Å². The highest BCUT2D eigenvalue weighted by atomic mass is 35.5. The topological polar surface area (TPSA) is 90.1 Å². The molecule has 3 aromatic carbocycles. The molecule has 6 rings (SSSR count). The van der Waals surface area contributed by atoms with Gasteiger partial charge in [0.25, 0.3) is 0 Å². The van der Waals surface area contributed by atoms with Crippen LogP contribution in [0.25, 0.3) is 54.1 Å². The minimum atomic E-state index is -1.17. The lowest BCUT2D eigenvalue weighted by Crippen LogP contribution is -2.28. The normalized spacial score (nSPS) is 12.7. The lowest BCUT2D eigenvalue weighted by Gasteiger charge is -2.28. The fraction of sp³-hybridized carbons (Fsp3) is 0.235. The van der Waals surface area contributed by atoms with Gasteiger partial charge >= 0.3 is 5.97 Å². The van der Waals surface area contributed by atoms with Crippen molar-refractivity contribution in [1.82, 2.24) is 19.7 Å². The summed E-state index contributed by atoms with van der Waals surface area (Å²) in [6, 6.07) is 17.5. The van der Waals surface area contributed by atoms with E-state index < -0.39 is 17.7 Å². The zero-order chi connectivity index (χ0) is 30.6. The summed E-state index contributed by atoms with van der Waals surface area (Å²) in [5, 5.41) is 17.4. The molecule has 1 atom stereocenters. The molecule has 0 saturated heterocycles. The van der Waals surface area contributed by atoms with Crippen LogP contribution in [-0.2, 0) is 16.6 Å². The maximum absolute atomic E-state index is 12.6. The van der Waals surface area contributed by atoms with Gasteiger partial charge in [0, 0.05) is 52.1 Å². The molecule has 0 aliphatic rings. The van der Waals surface area contributed by atoms with Gasteiger partial charge in [0.05, 0.1) is 27.0 Å². The molecule has 1 N–H and O–H groups in total. The minimum absolute atomic E-state index is 0.601. The third-order valence-electron chi connectivity index (χ3n) is 7.37. The minimum Gasteiger partial charge on any atom is -0.479 e. The molecule has 0 aliphatic heterocycles. The van der Waals surface area contributed by atoms with Crippen molar-refractivity contribution in [3.8, 4) is 33.0 Å². The lowest BCUT2D eigenvalue weighted by atomic mass is 9.91. The molecule has 3 heterocycles. The van der Waals surface area contributed by atoms with Crippen LogP contribution in [0.3, 0.4) is 0 Å². The Morgan fingerprint density at radius 1 is 1.02 bits per heavy atom. The largest absolute Gasteiger partial charge is 0.479 e. The Balaban J connectivity index is 1.54. The Hall–Kier alpha value is -4.11. The van der Waals surface area contributed by atoms with E-state index in [0.717, 1.165) is 65.2 Å². The second-order valence-corrected chi connectivity index (χ2v) is 13.1. The monoisotopic (exact) mass is 610 g/mol. The van der Waals surface area contributed by atoms with Crippen molar-refractivity contribution in [2.45, 2.75) is 46.3 Å². The van der Waals surface area contributed by atoms with Gasteiger partial charge in [-0.05, 0) is 87.7 Å². The number of benzene rings is 3. The predicted octanol–water partition coefficient (Wildman–Crippen LogP) is 8.79. The van der Waals surface area contributed by atoms with Gasteiger partial charge in [-0.25, -0.2) is 9.78 Å². The number of carboxylic acids is 1. The third kappa shape index (κ3) is 5.54. The SMILES string of the molecule is Cc1cc2nc(-c3ccnc(-c4ccc5nn(C)cc5c4C)c3)sc2c(-c2ccc(Cl)cc2)c1C(OC(C)(C)C)C(=O)O.